The van der Waals surface area contributed by atoms with Crippen molar-refractivity contribution in [2.75, 3.05) is 13.2 Å². The molecule has 31 heavy (non-hydrogen) atoms. The average Bonchev–Trinajstić information content (AvgIpc) is 2.73. The molecule has 0 aliphatic carbocycles. The van der Waals surface area contributed by atoms with E-state index in [1.165, 1.54) is 29.2 Å². The lowest BCUT2D eigenvalue weighted by Crippen LogP contribution is -2.50. The lowest BCUT2D eigenvalue weighted by molar-refractivity contribution is -0.143. The van der Waals surface area contributed by atoms with Crippen molar-refractivity contribution < 1.29 is 18.7 Å². The van der Waals surface area contributed by atoms with Gasteiger partial charge >= 0.3 is 0 Å². The minimum absolute atomic E-state index is 0.120. The number of hydrogen-bond donors (Lipinski definition) is 1. The van der Waals surface area contributed by atoms with Crippen LogP contribution in [0.15, 0.2) is 42.5 Å². The van der Waals surface area contributed by atoms with E-state index in [9.17, 15) is 14.0 Å². The van der Waals surface area contributed by atoms with Gasteiger partial charge in [-0.05, 0) is 54.3 Å². The highest BCUT2D eigenvalue weighted by Crippen LogP contribution is 2.24. The molecule has 1 atom stereocenters. The van der Waals surface area contributed by atoms with Crippen molar-refractivity contribution in [1.29, 1.82) is 0 Å². The largest absolute Gasteiger partial charge is 0.484 e. The molecule has 0 saturated heterocycles. The minimum atomic E-state index is -0.699. The van der Waals surface area contributed by atoms with Crippen LogP contribution in [0.5, 0.6) is 5.75 Å². The van der Waals surface area contributed by atoms with E-state index < -0.39 is 11.9 Å². The maximum absolute atomic E-state index is 13.1. The Balaban J connectivity index is 2.22. The lowest BCUT2D eigenvalue weighted by atomic mass is 10.1. The summed E-state index contributed by atoms with van der Waals surface area (Å²) in [4.78, 5) is 27.4. The topological polar surface area (TPSA) is 58.6 Å². The molecule has 0 fully saturated rings. The van der Waals surface area contributed by atoms with Gasteiger partial charge < -0.3 is 15.0 Å². The average molecular weight is 469 g/mol. The van der Waals surface area contributed by atoms with Gasteiger partial charge in [0.2, 0.25) is 5.91 Å². The van der Waals surface area contributed by atoms with Crippen LogP contribution >= 0.6 is 23.2 Å². The predicted molar refractivity (Wildman–Crippen MR) is 121 cm³/mol. The van der Waals surface area contributed by atoms with Gasteiger partial charge in [0.25, 0.3) is 5.91 Å². The number of carbonyl (C=O) groups excluding carboxylic acids is 2. The van der Waals surface area contributed by atoms with Gasteiger partial charge in [-0.15, -0.1) is 0 Å². The summed E-state index contributed by atoms with van der Waals surface area (Å²) in [5, 5.41) is 3.77. The molecule has 5 nitrogen and oxygen atoms in total. The molecule has 0 bridgehead atoms. The van der Waals surface area contributed by atoms with Crippen LogP contribution in [0, 0.1) is 11.7 Å². The summed E-state index contributed by atoms with van der Waals surface area (Å²) < 4.78 is 18.6. The van der Waals surface area contributed by atoms with Crippen LogP contribution in [0.2, 0.25) is 10.0 Å². The molecule has 0 aliphatic rings. The van der Waals surface area contributed by atoms with Crippen LogP contribution in [0.4, 0.5) is 4.39 Å². The van der Waals surface area contributed by atoms with E-state index in [-0.39, 0.29) is 30.9 Å². The first-order valence-electron chi connectivity index (χ1n) is 10.1. The van der Waals surface area contributed by atoms with Crippen LogP contribution in [0.3, 0.4) is 0 Å². The Morgan fingerprint density at radius 1 is 1.13 bits per heavy atom. The van der Waals surface area contributed by atoms with Gasteiger partial charge in [0.05, 0.1) is 0 Å². The van der Waals surface area contributed by atoms with Crippen molar-refractivity contribution in [3.05, 3.63) is 63.9 Å². The van der Waals surface area contributed by atoms with E-state index in [4.69, 9.17) is 27.9 Å². The molecule has 0 spiro atoms. The summed E-state index contributed by atoms with van der Waals surface area (Å²) in [5.74, 6) is -0.390. The highest BCUT2D eigenvalue weighted by molar-refractivity contribution is 6.35. The molecule has 2 aromatic carbocycles. The molecule has 2 rings (SSSR count). The first kappa shape index (κ1) is 25.0. The predicted octanol–water partition coefficient (Wildman–Crippen LogP) is 5.09. The number of halogens is 3. The first-order valence-corrected chi connectivity index (χ1v) is 10.9. The van der Waals surface area contributed by atoms with E-state index in [0.717, 1.165) is 0 Å². The summed E-state index contributed by atoms with van der Waals surface area (Å²) >= 11 is 12.3. The van der Waals surface area contributed by atoms with Crippen molar-refractivity contribution in [2.45, 2.75) is 39.8 Å². The molecule has 8 heteroatoms. The molecule has 0 aliphatic heterocycles. The fourth-order valence-electron chi connectivity index (χ4n) is 2.93. The first-order chi connectivity index (χ1) is 14.7. The van der Waals surface area contributed by atoms with E-state index in [0.29, 0.717) is 34.3 Å². The Hall–Kier alpha value is -2.31. The zero-order valence-corrected chi connectivity index (χ0v) is 19.3. The van der Waals surface area contributed by atoms with Crippen LogP contribution in [-0.2, 0) is 16.1 Å². The van der Waals surface area contributed by atoms with Crippen LogP contribution in [0.25, 0.3) is 0 Å². The molecule has 1 unspecified atom stereocenters. The van der Waals surface area contributed by atoms with Crippen molar-refractivity contribution in [3.8, 4) is 5.75 Å². The second kappa shape index (κ2) is 11.9. The van der Waals surface area contributed by atoms with Gasteiger partial charge in [-0.3, -0.25) is 9.59 Å². The Morgan fingerprint density at radius 2 is 1.81 bits per heavy atom. The maximum atomic E-state index is 13.1. The zero-order chi connectivity index (χ0) is 23.0. The highest BCUT2D eigenvalue weighted by atomic mass is 35.5. The number of hydrogen-bond acceptors (Lipinski definition) is 3. The number of carbonyl (C=O) groups is 2. The summed E-state index contributed by atoms with van der Waals surface area (Å²) in [6.45, 7) is 6.15. The van der Waals surface area contributed by atoms with E-state index in [2.05, 4.69) is 5.32 Å². The number of ether oxygens (including phenoxy) is 1. The minimum Gasteiger partial charge on any atom is -0.484 e. The molecule has 1 N–H and O–H groups in total. The van der Waals surface area contributed by atoms with Crippen molar-refractivity contribution in [2.24, 2.45) is 5.92 Å². The normalized spacial score (nSPS) is 11.8. The Kier molecular flexibility index (Phi) is 9.59. The van der Waals surface area contributed by atoms with Crippen LogP contribution in [0.1, 0.15) is 32.8 Å². The van der Waals surface area contributed by atoms with Crippen LogP contribution < -0.4 is 10.1 Å². The van der Waals surface area contributed by atoms with E-state index in [1.54, 1.807) is 18.2 Å². The van der Waals surface area contributed by atoms with Crippen LogP contribution in [-0.4, -0.2) is 35.9 Å². The molecular formula is C23H27Cl2FN2O3. The molecule has 0 radical (unpaired) electrons. The van der Waals surface area contributed by atoms with Gasteiger partial charge in [-0.1, -0.05) is 50.0 Å². The van der Waals surface area contributed by atoms with Gasteiger partial charge in [0.15, 0.2) is 6.61 Å². The standard InChI is InChI=1S/C23H27Cl2FN2O3/c1-4-21(23(30)27-12-15(2)3)28(13-16-5-6-17(24)11-20(16)25)22(29)14-31-19-9-7-18(26)8-10-19/h5-11,15,21H,4,12-14H2,1-3H3,(H,27,30). The SMILES string of the molecule is CCC(C(=O)NCC(C)C)N(Cc1ccc(Cl)cc1Cl)C(=O)COc1ccc(F)cc1. The third-order valence-corrected chi connectivity index (χ3v) is 5.19. The van der Waals surface area contributed by atoms with Crippen molar-refractivity contribution >= 4 is 35.0 Å². The van der Waals surface area contributed by atoms with E-state index in [1.807, 2.05) is 20.8 Å². The molecule has 2 amide bonds. The third kappa shape index (κ3) is 7.71. The molecule has 0 saturated carbocycles. The number of nitrogens with one attached hydrogen (secondary N) is 1. The molecule has 168 valence electrons. The summed E-state index contributed by atoms with van der Waals surface area (Å²) in [7, 11) is 0. The Bertz CT molecular complexity index is 891. The summed E-state index contributed by atoms with van der Waals surface area (Å²) in [6, 6.07) is 9.68. The highest BCUT2D eigenvalue weighted by Gasteiger charge is 2.29. The zero-order valence-electron chi connectivity index (χ0n) is 17.8. The van der Waals surface area contributed by atoms with Gasteiger partial charge in [0, 0.05) is 23.1 Å². The number of nitrogens with zero attached hydrogens (tertiary/aromatic N) is 1. The second-order valence-electron chi connectivity index (χ2n) is 7.56. The van der Waals surface area contributed by atoms with Crippen molar-refractivity contribution in [1.82, 2.24) is 10.2 Å². The molecule has 0 aromatic heterocycles. The second-order valence-corrected chi connectivity index (χ2v) is 8.41. The lowest BCUT2D eigenvalue weighted by Gasteiger charge is -2.31. The third-order valence-electron chi connectivity index (χ3n) is 4.60. The maximum Gasteiger partial charge on any atom is 0.261 e. The number of rotatable bonds is 10. The molecular weight excluding hydrogens is 442 g/mol. The van der Waals surface area contributed by atoms with Gasteiger partial charge in [-0.25, -0.2) is 4.39 Å². The number of benzene rings is 2. The van der Waals surface area contributed by atoms with Crippen molar-refractivity contribution in [3.63, 3.8) is 0 Å². The molecule has 0 heterocycles. The smallest absolute Gasteiger partial charge is 0.261 e. The molecule has 2 aromatic rings. The fourth-order valence-corrected chi connectivity index (χ4v) is 3.40. The number of amides is 2. The van der Waals surface area contributed by atoms with Gasteiger partial charge in [0.1, 0.15) is 17.6 Å². The van der Waals surface area contributed by atoms with E-state index >= 15 is 0 Å². The Labute approximate surface area is 192 Å². The summed E-state index contributed by atoms with van der Waals surface area (Å²) in [5.41, 5.74) is 0.663. The quantitative estimate of drug-likeness (QED) is 0.528. The van der Waals surface area contributed by atoms with Gasteiger partial charge in [-0.2, -0.15) is 0 Å². The Morgan fingerprint density at radius 3 is 2.39 bits per heavy atom. The fraction of sp³-hybridized carbons (Fsp3) is 0.391. The summed E-state index contributed by atoms with van der Waals surface area (Å²) in [6.07, 6.45) is 0.414. The monoisotopic (exact) mass is 468 g/mol.